The van der Waals surface area contributed by atoms with E-state index in [4.69, 9.17) is 0 Å². The Labute approximate surface area is 182 Å². The normalized spacial score (nSPS) is 16.2. The first-order valence-corrected chi connectivity index (χ1v) is 12.3. The number of hydrogen-bond donors (Lipinski definition) is 1. The summed E-state index contributed by atoms with van der Waals surface area (Å²) in [7, 11) is -3.52. The predicted octanol–water partition coefficient (Wildman–Crippen LogP) is 4.41. The van der Waals surface area contributed by atoms with E-state index in [1.807, 2.05) is 25.1 Å². The molecule has 3 aromatic rings. The Bertz CT molecular complexity index is 1150. The zero-order valence-electron chi connectivity index (χ0n) is 15.8. The van der Waals surface area contributed by atoms with Gasteiger partial charge in [0.15, 0.2) is 5.13 Å². The fourth-order valence-corrected chi connectivity index (χ4v) is 6.27. The number of anilines is 1. The summed E-state index contributed by atoms with van der Waals surface area (Å²) in [4.78, 5) is 17.4. The molecule has 0 unspecified atom stereocenters. The zero-order valence-corrected chi connectivity index (χ0v) is 19.0. The van der Waals surface area contributed by atoms with Gasteiger partial charge in [0.1, 0.15) is 0 Å². The van der Waals surface area contributed by atoms with Crippen LogP contribution in [-0.2, 0) is 14.8 Å². The summed E-state index contributed by atoms with van der Waals surface area (Å²) in [6.45, 7) is 2.59. The van der Waals surface area contributed by atoms with Crippen LogP contribution >= 0.6 is 27.3 Å². The minimum Gasteiger partial charge on any atom is -0.302 e. The SMILES string of the molecule is Cc1ccc(S(=O)(=O)N2CCC(C(=O)Nc3nc4ccc(Br)cc4s3)CC2)cc1. The van der Waals surface area contributed by atoms with Crippen LogP contribution in [0.5, 0.6) is 0 Å². The molecule has 0 bridgehead atoms. The van der Waals surface area contributed by atoms with Gasteiger partial charge in [-0.2, -0.15) is 4.31 Å². The Morgan fingerprint density at radius 1 is 1.17 bits per heavy atom. The summed E-state index contributed by atoms with van der Waals surface area (Å²) >= 11 is 4.86. The van der Waals surface area contributed by atoms with Crippen LogP contribution in [0.2, 0.25) is 0 Å². The Morgan fingerprint density at radius 2 is 1.86 bits per heavy atom. The minimum absolute atomic E-state index is 0.101. The second-order valence-electron chi connectivity index (χ2n) is 7.11. The van der Waals surface area contributed by atoms with E-state index in [9.17, 15) is 13.2 Å². The molecule has 1 aromatic heterocycles. The minimum atomic E-state index is -3.52. The number of nitrogens with one attached hydrogen (secondary N) is 1. The fraction of sp³-hybridized carbons (Fsp3) is 0.300. The molecule has 0 saturated carbocycles. The molecular weight excluding hydrogens is 474 g/mol. The first kappa shape index (κ1) is 20.5. The number of thiazole rings is 1. The Hall–Kier alpha value is -1.81. The summed E-state index contributed by atoms with van der Waals surface area (Å²) < 4.78 is 29.0. The number of nitrogens with zero attached hydrogens (tertiary/aromatic N) is 2. The number of sulfonamides is 1. The van der Waals surface area contributed by atoms with Gasteiger partial charge >= 0.3 is 0 Å². The van der Waals surface area contributed by atoms with E-state index in [0.717, 1.165) is 20.3 Å². The molecule has 1 fully saturated rings. The molecule has 0 aliphatic carbocycles. The molecule has 0 spiro atoms. The number of hydrogen-bond acceptors (Lipinski definition) is 5. The largest absolute Gasteiger partial charge is 0.302 e. The first-order chi connectivity index (χ1) is 13.8. The molecule has 2 heterocycles. The third kappa shape index (κ3) is 4.37. The maximum absolute atomic E-state index is 12.8. The van der Waals surface area contributed by atoms with Gasteiger partial charge in [-0.1, -0.05) is 45.0 Å². The third-order valence-electron chi connectivity index (χ3n) is 5.06. The van der Waals surface area contributed by atoms with Crippen molar-refractivity contribution >= 4 is 58.5 Å². The molecule has 1 aliphatic heterocycles. The molecule has 1 aliphatic rings. The standard InChI is InChI=1S/C20H20BrN3O3S2/c1-13-2-5-16(6-3-13)29(26,27)24-10-8-14(9-11-24)19(25)23-20-22-17-7-4-15(21)12-18(17)28-20/h2-7,12,14H,8-11H2,1H3,(H,22,23,25). The maximum atomic E-state index is 12.8. The summed E-state index contributed by atoms with van der Waals surface area (Å²) in [5.74, 6) is -0.325. The van der Waals surface area contributed by atoms with Crippen LogP contribution < -0.4 is 5.32 Å². The number of fused-ring (bicyclic) bond motifs is 1. The molecule has 9 heteroatoms. The molecule has 6 nitrogen and oxygen atoms in total. The van der Waals surface area contributed by atoms with Crippen LogP contribution in [0, 0.1) is 12.8 Å². The number of amides is 1. The number of benzene rings is 2. The quantitative estimate of drug-likeness (QED) is 0.583. The number of aromatic nitrogens is 1. The number of carbonyl (C=O) groups is 1. The van der Waals surface area contributed by atoms with E-state index in [2.05, 4.69) is 26.2 Å². The molecule has 1 N–H and O–H groups in total. The average molecular weight is 494 g/mol. The topological polar surface area (TPSA) is 79.4 Å². The van der Waals surface area contributed by atoms with E-state index in [-0.39, 0.29) is 11.8 Å². The smallest absolute Gasteiger partial charge is 0.243 e. The van der Waals surface area contributed by atoms with Crippen molar-refractivity contribution in [2.24, 2.45) is 5.92 Å². The Kier molecular flexibility index (Phi) is 5.74. The zero-order chi connectivity index (χ0) is 20.6. The highest BCUT2D eigenvalue weighted by Gasteiger charge is 2.32. The van der Waals surface area contributed by atoms with E-state index in [1.54, 1.807) is 24.3 Å². The van der Waals surface area contributed by atoms with E-state index in [1.165, 1.54) is 15.6 Å². The third-order valence-corrected chi connectivity index (χ3v) is 8.40. The highest BCUT2D eigenvalue weighted by atomic mass is 79.9. The molecule has 29 heavy (non-hydrogen) atoms. The molecule has 4 rings (SSSR count). The average Bonchev–Trinajstić information content (AvgIpc) is 3.09. The fourth-order valence-electron chi connectivity index (χ4n) is 3.38. The van der Waals surface area contributed by atoms with E-state index < -0.39 is 10.0 Å². The van der Waals surface area contributed by atoms with Gasteiger partial charge in [-0.05, 0) is 50.1 Å². The number of aryl methyl sites for hydroxylation is 1. The lowest BCUT2D eigenvalue weighted by molar-refractivity contribution is -0.120. The van der Waals surface area contributed by atoms with E-state index in [0.29, 0.717) is 36.0 Å². The van der Waals surface area contributed by atoms with Crippen LogP contribution in [0.15, 0.2) is 51.8 Å². The van der Waals surface area contributed by atoms with Crippen molar-refractivity contribution in [1.82, 2.24) is 9.29 Å². The summed E-state index contributed by atoms with van der Waals surface area (Å²) in [6.07, 6.45) is 0.987. The highest BCUT2D eigenvalue weighted by molar-refractivity contribution is 9.10. The molecule has 152 valence electrons. The van der Waals surface area contributed by atoms with Crippen molar-refractivity contribution in [3.05, 3.63) is 52.5 Å². The summed E-state index contributed by atoms with van der Waals surface area (Å²) in [6, 6.07) is 12.6. The first-order valence-electron chi connectivity index (χ1n) is 9.27. The second-order valence-corrected chi connectivity index (χ2v) is 11.0. The predicted molar refractivity (Wildman–Crippen MR) is 119 cm³/mol. The van der Waals surface area contributed by atoms with Crippen molar-refractivity contribution in [3.8, 4) is 0 Å². The molecule has 1 saturated heterocycles. The number of carbonyl (C=O) groups excluding carboxylic acids is 1. The second kappa shape index (κ2) is 8.14. The highest BCUT2D eigenvalue weighted by Crippen LogP contribution is 2.30. The number of piperidine rings is 1. The van der Waals surface area contributed by atoms with Gasteiger partial charge in [0.2, 0.25) is 15.9 Å². The molecule has 1 amide bonds. The summed E-state index contributed by atoms with van der Waals surface area (Å²) in [5, 5.41) is 3.46. The molecule has 0 radical (unpaired) electrons. The Morgan fingerprint density at radius 3 is 2.55 bits per heavy atom. The lowest BCUT2D eigenvalue weighted by Gasteiger charge is -2.30. The van der Waals surface area contributed by atoms with Gasteiger partial charge in [0.25, 0.3) is 0 Å². The van der Waals surface area contributed by atoms with Gasteiger partial charge < -0.3 is 5.32 Å². The van der Waals surface area contributed by atoms with Gasteiger partial charge in [0, 0.05) is 23.5 Å². The molecular formula is C20H20BrN3O3S2. The maximum Gasteiger partial charge on any atom is 0.243 e. The van der Waals surface area contributed by atoms with Crippen molar-refractivity contribution in [2.75, 3.05) is 18.4 Å². The van der Waals surface area contributed by atoms with Crippen molar-refractivity contribution in [3.63, 3.8) is 0 Å². The van der Waals surface area contributed by atoms with Crippen LogP contribution in [0.3, 0.4) is 0 Å². The van der Waals surface area contributed by atoms with Gasteiger partial charge in [-0.15, -0.1) is 0 Å². The number of halogens is 1. The van der Waals surface area contributed by atoms with Crippen LogP contribution in [0.25, 0.3) is 10.2 Å². The summed E-state index contributed by atoms with van der Waals surface area (Å²) in [5.41, 5.74) is 1.86. The van der Waals surface area contributed by atoms with E-state index >= 15 is 0 Å². The van der Waals surface area contributed by atoms with Gasteiger partial charge in [-0.25, -0.2) is 13.4 Å². The van der Waals surface area contributed by atoms with Crippen molar-refractivity contribution < 1.29 is 13.2 Å². The van der Waals surface area contributed by atoms with Crippen molar-refractivity contribution in [1.29, 1.82) is 0 Å². The Balaban J connectivity index is 1.39. The van der Waals surface area contributed by atoms with Crippen molar-refractivity contribution in [2.45, 2.75) is 24.7 Å². The lowest BCUT2D eigenvalue weighted by atomic mass is 9.97. The van der Waals surface area contributed by atoms with Crippen LogP contribution in [0.4, 0.5) is 5.13 Å². The number of rotatable bonds is 4. The van der Waals surface area contributed by atoms with Crippen LogP contribution in [-0.4, -0.2) is 36.7 Å². The molecule has 2 aromatic carbocycles. The van der Waals surface area contributed by atoms with Crippen LogP contribution in [0.1, 0.15) is 18.4 Å². The molecule has 0 atom stereocenters. The van der Waals surface area contributed by atoms with Gasteiger partial charge in [0.05, 0.1) is 15.1 Å². The monoisotopic (exact) mass is 493 g/mol. The van der Waals surface area contributed by atoms with Gasteiger partial charge in [-0.3, -0.25) is 4.79 Å². The lowest BCUT2D eigenvalue weighted by Crippen LogP contribution is -2.41.